The minimum absolute atomic E-state index is 0.0188. The Morgan fingerprint density at radius 3 is 2.81 bits per heavy atom. The van der Waals surface area contributed by atoms with Crippen LogP contribution in [0.5, 0.6) is 5.75 Å². The van der Waals surface area contributed by atoms with Crippen molar-refractivity contribution in [2.24, 2.45) is 5.73 Å². The van der Waals surface area contributed by atoms with Crippen molar-refractivity contribution in [3.63, 3.8) is 0 Å². The van der Waals surface area contributed by atoms with Crippen molar-refractivity contribution in [2.75, 3.05) is 34.9 Å². The van der Waals surface area contributed by atoms with Gasteiger partial charge in [0.15, 0.2) is 6.61 Å². The molecule has 3 aromatic rings. The van der Waals surface area contributed by atoms with Gasteiger partial charge in [-0.05, 0) is 49.1 Å². The Labute approximate surface area is 210 Å². The molecule has 0 unspecified atom stereocenters. The Morgan fingerprint density at radius 2 is 2.11 bits per heavy atom. The van der Waals surface area contributed by atoms with Gasteiger partial charge >= 0.3 is 0 Å². The van der Waals surface area contributed by atoms with Crippen molar-refractivity contribution in [3.05, 3.63) is 54.0 Å². The maximum absolute atomic E-state index is 14.6. The topological polar surface area (TPSA) is 146 Å². The predicted octanol–water partition coefficient (Wildman–Crippen LogP) is 3.95. The fourth-order valence-electron chi connectivity index (χ4n) is 3.64. The number of anilines is 5. The zero-order valence-corrected chi connectivity index (χ0v) is 20.1. The van der Waals surface area contributed by atoms with E-state index in [9.17, 15) is 14.0 Å². The Kier molecular flexibility index (Phi) is 7.50. The standard InChI is InChI=1S/C24H22FN7O3S/c1-36-20-12-15(35-10-8-26)5-7-18(20)29-23-16(22(27)34)13-28-24(31-23)30-19-11-14(4-6-17(19)25)32-9-2-3-21(32)33/h4-7,11-13H,2-3,9-10H2,1H3,(H2,27,34)(H2,28,29,30,31). The largest absolute Gasteiger partial charge is 0.479 e. The van der Waals surface area contributed by atoms with Crippen molar-refractivity contribution < 1.29 is 18.7 Å². The van der Waals surface area contributed by atoms with Crippen molar-refractivity contribution in [3.8, 4) is 11.8 Å². The Hall–Kier alpha value is -4.37. The molecule has 0 bridgehead atoms. The summed E-state index contributed by atoms with van der Waals surface area (Å²) < 4.78 is 19.9. The van der Waals surface area contributed by atoms with Gasteiger partial charge in [-0.2, -0.15) is 10.2 Å². The molecule has 1 fully saturated rings. The summed E-state index contributed by atoms with van der Waals surface area (Å²) in [6.07, 6.45) is 4.30. The molecule has 0 radical (unpaired) electrons. The van der Waals surface area contributed by atoms with Crippen LogP contribution in [0.4, 0.5) is 33.2 Å². The summed E-state index contributed by atoms with van der Waals surface area (Å²) in [6.45, 7) is 0.483. The van der Waals surface area contributed by atoms with Crippen LogP contribution < -0.4 is 26.0 Å². The third-order valence-electron chi connectivity index (χ3n) is 5.37. The number of nitrogens with one attached hydrogen (secondary N) is 2. The Bertz CT molecular complexity index is 1360. The number of halogens is 1. The van der Waals surface area contributed by atoms with Crippen LogP contribution in [0.25, 0.3) is 0 Å². The number of aromatic nitrogens is 2. The van der Waals surface area contributed by atoms with E-state index in [0.29, 0.717) is 30.1 Å². The molecule has 2 heterocycles. The summed E-state index contributed by atoms with van der Waals surface area (Å²) in [7, 11) is 0. The number of nitriles is 1. The van der Waals surface area contributed by atoms with Crippen LogP contribution in [0.2, 0.25) is 0 Å². The Balaban J connectivity index is 1.63. The highest BCUT2D eigenvalue weighted by atomic mass is 32.2. The molecule has 1 aromatic heterocycles. The zero-order valence-electron chi connectivity index (χ0n) is 19.2. The first kappa shape index (κ1) is 24.7. The lowest BCUT2D eigenvalue weighted by atomic mass is 10.2. The number of primary amides is 1. The molecule has 0 atom stereocenters. The van der Waals surface area contributed by atoms with Gasteiger partial charge in [-0.1, -0.05) is 0 Å². The summed E-state index contributed by atoms with van der Waals surface area (Å²) >= 11 is 1.42. The number of hydrogen-bond donors (Lipinski definition) is 3. The van der Waals surface area contributed by atoms with E-state index < -0.39 is 11.7 Å². The van der Waals surface area contributed by atoms with E-state index in [-0.39, 0.29) is 35.5 Å². The molecule has 1 aliphatic heterocycles. The van der Waals surface area contributed by atoms with Crippen LogP contribution >= 0.6 is 11.8 Å². The van der Waals surface area contributed by atoms with Gasteiger partial charge < -0.3 is 26.0 Å². The maximum atomic E-state index is 14.6. The molecule has 1 saturated heterocycles. The molecular formula is C24H22FN7O3S. The summed E-state index contributed by atoms with van der Waals surface area (Å²) in [6, 6.07) is 11.4. The lowest BCUT2D eigenvalue weighted by molar-refractivity contribution is -0.117. The summed E-state index contributed by atoms with van der Waals surface area (Å²) in [4.78, 5) is 34.9. The van der Waals surface area contributed by atoms with Crippen LogP contribution in [-0.2, 0) is 4.79 Å². The van der Waals surface area contributed by atoms with Gasteiger partial charge in [0.1, 0.15) is 29.0 Å². The number of rotatable bonds is 9. The van der Waals surface area contributed by atoms with Gasteiger partial charge in [0, 0.05) is 29.7 Å². The first-order valence-electron chi connectivity index (χ1n) is 10.9. The molecule has 0 aliphatic carbocycles. The third kappa shape index (κ3) is 5.47. The number of nitrogens with zero attached hydrogens (tertiary/aromatic N) is 4. The van der Waals surface area contributed by atoms with Crippen LogP contribution in [0.15, 0.2) is 47.5 Å². The minimum atomic E-state index is -0.746. The van der Waals surface area contributed by atoms with E-state index >= 15 is 0 Å². The average Bonchev–Trinajstić information content (AvgIpc) is 3.30. The fourth-order valence-corrected chi connectivity index (χ4v) is 4.22. The van der Waals surface area contributed by atoms with Gasteiger partial charge in [-0.15, -0.1) is 11.8 Å². The average molecular weight is 508 g/mol. The maximum Gasteiger partial charge on any atom is 0.254 e. The number of nitrogens with two attached hydrogens (primary N) is 1. The van der Waals surface area contributed by atoms with Gasteiger partial charge in [0.2, 0.25) is 11.9 Å². The molecule has 4 N–H and O–H groups in total. The predicted molar refractivity (Wildman–Crippen MR) is 134 cm³/mol. The summed E-state index contributed by atoms with van der Waals surface area (Å²) in [5.41, 5.74) is 6.81. The summed E-state index contributed by atoms with van der Waals surface area (Å²) in [5.74, 6) is -0.670. The van der Waals surface area contributed by atoms with Gasteiger partial charge in [-0.25, -0.2) is 9.37 Å². The van der Waals surface area contributed by atoms with E-state index in [2.05, 4.69) is 20.6 Å². The highest BCUT2D eigenvalue weighted by Gasteiger charge is 2.23. The van der Waals surface area contributed by atoms with Gasteiger partial charge in [0.05, 0.1) is 11.4 Å². The normalized spacial score (nSPS) is 12.8. The van der Waals surface area contributed by atoms with Crippen molar-refractivity contribution in [1.29, 1.82) is 5.26 Å². The van der Waals surface area contributed by atoms with E-state index in [4.69, 9.17) is 15.7 Å². The number of benzene rings is 2. The molecule has 2 amide bonds. The van der Waals surface area contributed by atoms with Gasteiger partial charge in [-0.3, -0.25) is 9.59 Å². The van der Waals surface area contributed by atoms with Crippen LogP contribution in [-0.4, -0.2) is 41.2 Å². The lowest BCUT2D eigenvalue weighted by Gasteiger charge is -2.18. The monoisotopic (exact) mass is 507 g/mol. The number of carbonyl (C=O) groups excluding carboxylic acids is 2. The minimum Gasteiger partial charge on any atom is -0.479 e. The molecular weight excluding hydrogens is 485 g/mol. The molecule has 184 valence electrons. The number of carbonyl (C=O) groups is 2. The second-order valence-electron chi connectivity index (χ2n) is 7.69. The van der Waals surface area contributed by atoms with E-state index in [1.165, 1.54) is 30.1 Å². The third-order valence-corrected chi connectivity index (χ3v) is 6.14. The lowest BCUT2D eigenvalue weighted by Crippen LogP contribution is -2.23. The molecule has 10 nitrogen and oxygen atoms in total. The molecule has 1 aliphatic rings. The smallest absolute Gasteiger partial charge is 0.254 e. The second kappa shape index (κ2) is 10.9. The van der Waals surface area contributed by atoms with Crippen LogP contribution in [0.1, 0.15) is 23.2 Å². The first-order chi connectivity index (χ1) is 17.4. The SMILES string of the molecule is CSc1cc(OCC#N)ccc1Nc1nc(Nc2cc(N3CCCC3=O)ccc2F)ncc1C(N)=O. The highest BCUT2D eigenvalue weighted by Crippen LogP contribution is 2.33. The molecule has 4 rings (SSSR count). The summed E-state index contributed by atoms with van der Waals surface area (Å²) in [5, 5.41) is 14.6. The molecule has 0 spiro atoms. The quantitative estimate of drug-likeness (QED) is 0.366. The fraction of sp³-hybridized carbons (Fsp3) is 0.208. The number of ether oxygens (including phenoxy) is 1. The molecule has 0 saturated carbocycles. The van der Waals surface area contributed by atoms with Crippen LogP contribution in [0, 0.1) is 17.1 Å². The molecule has 36 heavy (non-hydrogen) atoms. The van der Waals surface area contributed by atoms with Crippen molar-refractivity contribution >= 4 is 52.4 Å². The van der Waals surface area contributed by atoms with Crippen molar-refractivity contribution in [1.82, 2.24) is 9.97 Å². The number of hydrogen-bond acceptors (Lipinski definition) is 9. The molecule has 2 aromatic carbocycles. The van der Waals surface area contributed by atoms with E-state index in [1.807, 2.05) is 12.3 Å². The molecule has 12 heteroatoms. The van der Waals surface area contributed by atoms with E-state index in [0.717, 1.165) is 11.3 Å². The Morgan fingerprint density at radius 1 is 1.28 bits per heavy atom. The number of thioether (sulfide) groups is 1. The van der Waals surface area contributed by atoms with Gasteiger partial charge in [0.25, 0.3) is 5.91 Å². The first-order valence-corrected chi connectivity index (χ1v) is 12.1. The van der Waals surface area contributed by atoms with E-state index in [1.54, 1.807) is 29.2 Å². The van der Waals surface area contributed by atoms with Crippen LogP contribution in [0.3, 0.4) is 0 Å². The zero-order chi connectivity index (χ0) is 25.7. The highest BCUT2D eigenvalue weighted by molar-refractivity contribution is 7.98. The second-order valence-corrected chi connectivity index (χ2v) is 8.54. The number of amides is 2. The van der Waals surface area contributed by atoms with Crippen molar-refractivity contribution in [2.45, 2.75) is 17.7 Å².